The van der Waals surface area contributed by atoms with Crippen molar-refractivity contribution in [2.75, 3.05) is 11.5 Å². The van der Waals surface area contributed by atoms with Crippen LogP contribution in [0.3, 0.4) is 0 Å². The molecule has 1 aliphatic heterocycles. The number of anilines is 1. The topological polar surface area (TPSA) is 136 Å². The third-order valence-electron chi connectivity index (χ3n) is 5.68. The molecule has 0 saturated carbocycles. The van der Waals surface area contributed by atoms with Crippen molar-refractivity contribution in [3.05, 3.63) is 93.8 Å². The van der Waals surface area contributed by atoms with Crippen LogP contribution in [-0.2, 0) is 9.59 Å². The molecule has 0 bridgehead atoms. The predicted molar refractivity (Wildman–Crippen MR) is 133 cm³/mol. The lowest BCUT2D eigenvalue weighted by atomic mass is 9.95. The Hall–Kier alpha value is -4.64. The first-order valence-electron chi connectivity index (χ1n) is 10.9. The quantitative estimate of drug-likeness (QED) is 0.133. The van der Waals surface area contributed by atoms with Gasteiger partial charge in [0.1, 0.15) is 11.5 Å². The van der Waals surface area contributed by atoms with Crippen molar-refractivity contribution in [3.8, 4) is 5.75 Å². The van der Waals surface area contributed by atoms with Crippen LogP contribution in [0.2, 0.25) is 0 Å². The van der Waals surface area contributed by atoms with Crippen LogP contribution in [0.1, 0.15) is 24.1 Å². The number of thiazole rings is 1. The second-order valence-electron chi connectivity index (χ2n) is 7.81. The summed E-state index contributed by atoms with van der Waals surface area (Å²) in [5.41, 5.74) is 1.03. The number of carbonyl (C=O) groups is 2. The highest BCUT2D eigenvalue weighted by molar-refractivity contribution is 7.22. The number of pyridine rings is 1. The van der Waals surface area contributed by atoms with Crippen LogP contribution in [0.4, 0.5) is 10.8 Å². The maximum absolute atomic E-state index is 13.3. The summed E-state index contributed by atoms with van der Waals surface area (Å²) < 4.78 is 6.29. The van der Waals surface area contributed by atoms with Crippen LogP contribution in [0, 0.1) is 10.1 Å². The Kier molecular flexibility index (Phi) is 5.90. The molecule has 1 N–H and O–H groups in total. The van der Waals surface area contributed by atoms with Crippen LogP contribution in [-0.4, -0.2) is 38.3 Å². The number of nitro benzene ring substituents is 1. The van der Waals surface area contributed by atoms with Crippen molar-refractivity contribution in [2.45, 2.75) is 13.0 Å². The summed E-state index contributed by atoms with van der Waals surface area (Å²) in [5, 5.41) is 22.5. The number of rotatable bonds is 6. The number of ether oxygens (including phenoxy) is 1. The molecule has 1 amide bonds. The minimum atomic E-state index is -1.05. The molecule has 0 spiro atoms. The van der Waals surface area contributed by atoms with Crippen molar-refractivity contribution in [1.29, 1.82) is 0 Å². The molecule has 1 atom stereocenters. The molecule has 0 aliphatic carbocycles. The second kappa shape index (κ2) is 9.19. The van der Waals surface area contributed by atoms with Gasteiger partial charge < -0.3 is 9.84 Å². The molecule has 2 aromatic carbocycles. The molecule has 36 heavy (non-hydrogen) atoms. The lowest BCUT2D eigenvalue weighted by Crippen LogP contribution is -2.29. The molecule has 3 heterocycles. The first kappa shape index (κ1) is 23.1. The van der Waals surface area contributed by atoms with Gasteiger partial charge in [-0.05, 0) is 55.0 Å². The Balaban J connectivity index is 1.69. The van der Waals surface area contributed by atoms with Gasteiger partial charge in [0.15, 0.2) is 5.13 Å². The van der Waals surface area contributed by atoms with E-state index in [2.05, 4.69) is 9.97 Å². The molecule has 1 unspecified atom stereocenters. The van der Waals surface area contributed by atoms with Crippen LogP contribution in [0.15, 0.2) is 72.6 Å². The fraction of sp³-hybridized carbons (Fsp3) is 0.120. The number of nitro groups is 1. The van der Waals surface area contributed by atoms with Gasteiger partial charge in [-0.15, -0.1) is 0 Å². The molecule has 0 radical (unpaired) electrons. The molecule has 5 rings (SSSR count). The van der Waals surface area contributed by atoms with Gasteiger partial charge in [-0.2, -0.15) is 0 Å². The third-order valence-corrected chi connectivity index (χ3v) is 6.70. The van der Waals surface area contributed by atoms with Gasteiger partial charge >= 0.3 is 5.91 Å². The summed E-state index contributed by atoms with van der Waals surface area (Å²) in [6.45, 7) is 2.36. The Morgan fingerprint density at radius 1 is 1.14 bits per heavy atom. The fourth-order valence-corrected chi connectivity index (χ4v) is 5.06. The zero-order valence-electron chi connectivity index (χ0n) is 18.8. The number of hydrogen-bond donors (Lipinski definition) is 1. The molecule has 1 saturated heterocycles. The van der Waals surface area contributed by atoms with Crippen molar-refractivity contribution in [1.82, 2.24) is 9.97 Å². The molecular formula is C25H18N4O6S. The number of benzene rings is 2. The van der Waals surface area contributed by atoms with E-state index in [0.29, 0.717) is 29.0 Å². The van der Waals surface area contributed by atoms with Crippen molar-refractivity contribution in [2.24, 2.45) is 0 Å². The largest absolute Gasteiger partial charge is 0.507 e. The van der Waals surface area contributed by atoms with E-state index < -0.39 is 22.7 Å². The lowest BCUT2D eigenvalue weighted by Gasteiger charge is -2.22. The van der Waals surface area contributed by atoms with E-state index in [0.717, 1.165) is 4.70 Å². The van der Waals surface area contributed by atoms with Crippen LogP contribution >= 0.6 is 11.3 Å². The fourth-order valence-electron chi connectivity index (χ4n) is 4.04. The average Bonchev–Trinajstić information content (AvgIpc) is 3.42. The lowest BCUT2D eigenvalue weighted by molar-refractivity contribution is -0.384. The normalized spacial score (nSPS) is 17.0. The summed E-state index contributed by atoms with van der Waals surface area (Å²) >= 11 is 1.20. The number of aliphatic hydroxyl groups excluding tert-OH is 1. The first-order chi connectivity index (χ1) is 17.4. The molecule has 180 valence electrons. The number of nitrogens with zero attached hydrogens (tertiary/aromatic N) is 4. The van der Waals surface area contributed by atoms with Gasteiger partial charge in [-0.25, -0.2) is 4.98 Å². The zero-order valence-corrected chi connectivity index (χ0v) is 19.6. The summed E-state index contributed by atoms with van der Waals surface area (Å²) in [5.74, 6) is -1.48. The van der Waals surface area contributed by atoms with E-state index >= 15 is 0 Å². The van der Waals surface area contributed by atoms with E-state index in [9.17, 15) is 24.8 Å². The number of non-ortho nitro benzene ring substituents is 1. The van der Waals surface area contributed by atoms with Crippen molar-refractivity contribution in [3.63, 3.8) is 0 Å². The van der Waals surface area contributed by atoms with Crippen LogP contribution in [0.5, 0.6) is 5.75 Å². The number of Topliss-reactive ketones (excluding diaryl/α,β-unsaturated/α-hetero) is 1. The minimum Gasteiger partial charge on any atom is -0.507 e. The Bertz CT molecular complexity index is 1530. The number of hydrogen-bond acceptors (Lipinski definition) is 9. The molecule has 1 aliphatic rings. The van der Waals surface area contributed by atoms with Gasteiger partial charge in [-0.1, -0.05) is 11.3 Å². The summed E-state index contributed by atoms with van der Waals surface area (Å²) in [6, 6.07) is 12.8. The van der Waals surface area contributed by atoms with E-state index in [1.54, 1.807) is 18.2 Å². The Morgan fingerprint density at radius 2 is 1.86 bits per heavy atom. The monoisotopic (exact) mass is 502 g/mol. The number of carbonyl (C=O) groups excluding carboxylic acids is 2. The summed E-state index contributed by atoms with van der Waals surface area (Å²) in [4.78, 5) is 46.9. The van der Waals surface area contributed by atoms with Gasteiger partial charge in [0.25, 0.3) is 11.5 Å². The number of ketones is 1. The highest BCUT2D eigenvalue weighted by atomic mass is 32.1. The van der Waals surface area contributed by atoms with Gasteiger partial charge in [-0.3, -0.25) is 29.6 Å². The average molecular weight is 503 g/mol. The zero-order chi connectivity index (χ0) is 25.4. The second-order valence-corrected chi connectivity index (χ2v) is 8.82. The molecular weight excluding hydrogens is 484 g/mol. The smallest absolute Gasteiger partial charge is 0.301 e. The van der Waals surface area contributed by atoms with Crippen molar-refractivity contribution < 1.29 is 24.4 Å². The summed E-state index contributed by atoms with van der Waals surface area (Å²) in [6.07, 6.45) is 2.91. The highest BCUT2D eigenvalue weighted by Crippen LogP contribution is 2.44. The number of fused-ring (bicyclic) bond motifs is 1. The first-order valence-corrected chi connectivity index (χ1v) is 11.7. The number of amides is 1. The highest BCUT2D eigenvalue weighted by Gasteiger charge is 2.48. The van der Waals surface area contributed by atoms with Crippen LogP contribution in [0.25, 0.3) is 16.0 Å². The predicted octanol–water partition coefficient (Wildman–Crippen LogP) is 4.62. The third kappa shape index (κ3) is 3.95. The SMILES string of the molecule is CCOc1ccc2nc(N3C(=O)C(=O)C(=C(O)c4ccncc4)C3c3ccc([N+](=O)[O-])cc3)sc2c1. The van der Waals surface area contributed by atoms with E-state index in [1.165, 1.54) is 65.0 Å². The van der Waals surface area contributed by atoms with Gasteiger partial charge in [0.05, 0.1) is 33.4 Å². The van der Waals surface area contributed by atoms with E-state index in [1.807, 2.05) is 6.92 Å². The van der Waals surface area contributed by atoms with E-state index in [4.69, 9.17) is 4.74 Å². The number of aromatic nitrogens is 2. The molecule has 11 heteroatoms. The van der Waals surface area contributed by atoms with Crippen LogP contribution < -0.4 is 9.64 Å². The summed E-state index contributed by atoms with van der Waals surface area (Å²) in [7, 11) is 0. The van der Waals surface area contributed by atoms with Gasteiger partial charge in [0, 0.05) is 30.1 Å². The number of aliphatic hydroxyl groups is 1. The van der Waals surface area contributed by atoms with E-state index in [-0.39, 0.29) is 22.2 Å². The Labute approximate surface area is 208 Å². The molecule has 1 fully saturated rings. The molecule has 2 aromatic heterocycles. The Morgan fingerprint density at radius 3 is 2.53 bits per heavy atom. The van der Waals surface area contributed by atoms with Crippen molar-refractivity contribution >= 4 is 49.8 Å². The maximum Gasteiger partial charge on any atom is 0.301 e. The molecule has 4 aromatic rings. The standard InChI is InChI=1S/C25H18N4O6S/c1-2-35-17-7-8-18-19(13-17)36-25(27-18)28-21(14-3-5-16(6-4-14)29(33)34)20(23(31)24(28)32)22(30)15-9-11-26-12-10-15/h3-13,21,30H,2H2,1H3. The van der Waals surface area contributed by atoms with Gasteiger partial charge in [0.2, 0.25) is 0 Å². The maximum atomic E-state index is 13.3. The minimum absolute atomic E-state index is 0.144. The molecule has 10 nitrogen and oxygen atoms in total.